The molecule has 1 unspecified atom stereocenters. The van der Waals surface area contributed by atoms with Crippen molar-refractivity contribution in [1.29, 1.82) is 0 Å². The molecule has 0 fully saturated rings. The van der Waals surface area contributed by atoms with Gasteiger partial charge >= 0.3 is 5.97 Å². The van der Waals surface area contributed by atoms with Crippen LogP contribution in [0.5, 0.6) is 0 Å². The number of aliphatic carboxylic acids is 1. The van der Waals surface area contributed by atoms with E-state index in [0.717, 1.165) is 5.75 Å². The minimum atomic E-state index is -0.793. The van der Waals surface area contributed by atoms with E-state index < -0.39 is 5.97 Å². The molecule has 0 spiro atoms. The van der Waals surface area contributed by atoms with Crippen molar-refractivity contribution in [1.82, 2.24) is 5.32 Å². The van der Waals surface area contributed by atoms with Crippen LogP contribution < -0.4 is 5.32 Å². The Morgan fingerprint density at radius 1 is 1.47 bits per heavy atom. The van der Waals surface area contributed by atoms with Crippen LogP contribution in [-0.4, -0.2) is 48.8 Å². The molecule has 5 nitrogen and oxygen atoms in total. The predicted octanol–water partition coefficient (Wildman–Crippen LogP) is 0.983. The first kappa shape index (κ1) is 16.2. The van der Waals surface area contributed by atoms with Gasteiger partial charge in [0.05, 0.1) is 12.4 Å². The van der Waals surface area contributed by atoms with Crippen LogP contribution in [0.25, 0.3) is 0 Å². The molecule has 2 N–H and O–H groups in total. The first-order chi connectivity index (χ1) is 8.06. The highest BCUT2D eigenvalue weighted by Gasteiger charge is 2.07. The molecule has 0 heterocycles. The zero-order valence-electron chi connectivity index (χ0n) is 10.4. The number of amides is 1. The minimum Gasteiger partial charge on any atom is -0.481 e. The second-order valence-electron chi connectivity index (χ2n) is 3.89. The molecule has 0 rings (SSSR count). The summed E-state index contributed by atoms with van der Waals surface area (Å²) >= 11 is 1.52. The van der Waals surface area contributed by atoms with E-state index in [4.69, 9.17) is 9.84 Å². The number of carbonyl (C=O) groups is 2. The summed E-state index contributed by atoms with van der Waals surface area (Å²) in [5.74, 6) is 0.624. The zero-order valence-corrected chi connectivity index (χ0v) is 11.2. The van der Waals surface area contributed by atoms with Crippen LogP contribution in [0.1, 0.15) is 19.8 Å². The average Bonchev–Trinajstić information content (AvgIpc) is 2.29. The van der Waals surface area contributed by atoms with Crippen molar-refractivity contribution in [3.8, 4) is 0 Å². The van der Waals surface area contributed by atoms with Crippen LogP contribution in [-0.2, 0) is 14.3 Å². The normalized spacial score (nSPS) is 12.1. The fourth-order valence-corrected chi connectivity index (χ4v) is 1.83. The second-order valence-corrected chi connectivity index (χ2v) is 4.99. The molecule has 0 saturated carbocycles. The molecule has 0 aliphatic carbocycles. The van der Waals surface area contributed by atoms with E-state index in [0.29, 0.717) is 25.3 Å². The van der Waals surface area contributed by atoms with E-state index in [9.17, 15) is 9.59 Å². The second kappa shape index (κ2) is 10.4. The number of hydrogen-bond donors (Lipinski definition) is 2. The molecule has 0 bridgehead atoms. The maximum Gasteiger partial charge on any atom is 0.303 e. The Morgan fingerprint density at radius 2 is 2.18 bits per heavy atom. The van der Waals surface area contributed by atoms with Gasteiger partial charge in [0.1, 0.15) is 0 Å². The molecule has 0 aromatic rings. The van der Waals surface area contributed by atoms with Gasteiger partial charge in [0.2, 0.25) is 5.91 Å². The van der Waals surface area contributed by atoms with E-state index in [-0.39, 0.29) is 18.2 Å². The van der Waals surface area contributed by atoms with Crippen molar-refractivity contribution in [2.75, 3.05) is 31.8 Å². The summed E-state index contributed by atoms with van der Waals surface area (Å²) in [7, 11) is 1.63. The van der Waals surface area contributed by atoms with Crippen molar-refractivity contribution >= 4 is 23.6 Å². The Labute approximate surface area is 106 Å². The number of nitrogens with one attached hydrogen (secondary N) is 1. The fraction of sp³-hybridized carbons (Fsp3) is 0.818. The van der Waals surface area contributed by atoms with Crippen molar-refractivity contribution in [2.45, 2.75) is 19.8 Å². The molecule has 6 heteroatoms. The number of methoxy groups -OCH3 is 1. The smallest absolute Gasteiger partial charge is 0.303 e. The highest BCUT2D eigenvalue weighted by Crippen LogP contribution is 2.04. The summed E-state index contributed by atoms with van der Waals surface area (Å²) in [5.41, 5.74) is 0. The Kier molecular flexibility index (Phi) is 9.95. The number of rotatable bonds is 10. The van der Waals surface area contributed by atoms with Gasteiger partial charge in [0, 0.05) is 25.8 Å². The van der Waals surface area contributed by atoms with Crippen LogP contribution >= 0.6 is 11.8 Å². The lowest BCUT2D eigenvalue weighted by Crippen LogP contribution is -2.30. The summed E-state index contributed by atoms with van der Waals surface area (Å²) in [5, 5.41) is 11.3. The van der Waals surface area contributed by atoms with Crippen LogP contribution in [0.15, 0.2) is 0 Å². The SMILES string of the molecule is COCCSCC(=O)NCC(C)CCC(=O)O. The third-order valence-electron chi connectivity index (χ3n) is 2.16. The lowest BCUT2D eigenvalue weighted by molar-refractivity contribution is -0.137. The molecular weight excluding hydrogens is 242 g/mol. The number of thioether (sulfide) groups is 1. The lowest BCUT2D eigenvalue weighted by Gasteiger charge is -2.11. The average molecular weight is 263 g/mol. The summed E-state index contributed by atoms with van der Waals surface area (Å²) in [6.45, 7) is 3.12. The Hall–Kier alpha value is -0.750. The molecule has 17 heavy (non-hydrogen) atoms. The van der Waals surface area contributed by atoms with Crippen molar-refractivity contribution in [2.24, 2.45) is 5.92 Å². The minimum absolute atomic E-state index is 0.00622. The van der Waals surface area contributed by atoms with Gasteiger partial charge < -0.3 is 15.2 Å². The monoisotopic (exact) mass is 263 g/mol. The van der Waals surface area contributed by atoms with E-state index >= 15 is 0 Å². The summed E-state index contributed by atoms with van der Waals surface area (Å²) in [4.78, 5) is 21.7. The van der Waals surface area contributed by atoms with Gasteiger partial charge in [-0.1, -0.05) is 6.92 Å². The summed E-state index contributed by atoms with van der Waals surface area (Å²) in [6.07, 6.45) is 0.742. The molecule has 0 aliphatic heterocycles. The molecule has 1 amide bonds. The number of carboxylic acid groups (broad SMARTS) is 1. The molecule has 0 aromatic heterocycles. The van der Waals surface area contributed by atoms with Crippen molar-refractivity contribution in [3.63, 3.8) is 0 Å². The fourth-order valence-electron chi connectivity index (χ4n) is 1.12. The Bertz CT molecular complexity index is 236. The first-order valence-electron chi connectivity index (χ1n) is 5.61. The van der Waals surface area contributed by atoms with Gasteiger partial charge in [0.25, 0.3) is 0 Å². The lowest BCUT2D eigenvalue weighted by atomic mass is 10.1. The number of ether oxygens (including phenoxy) is 1. The molecule has 1 atom stereocenters. The number of carboxylic acids is 1. The summed E-state index contributed by atoms with van der Waals surface area (Å²) in [6, 6.07) is 0. The first-order valence-corrected chi connectivity index (χ1v) is 6.77. The molecule has 0 saturated heterocycles. The van der Waals surface area contributed by atoms with Gasteiger partial charge in [-0.25, -0.2) is 0 Å². The highest BCUT2D eigenvalue weighted by molar-refractivity contribution is 7.99. The van der Waals surface area contributed by atoms with Crippen LogP contribution in [0.4, 0.5) is 0 Å². The van der Waals surface area contributed by atoms with Gasteiger partial charge in [0.15, 0.2) is 0 Å². The van der Waals surface area contributed by atoms with Gasteiger partial charge in [-0.2, -0.15) is 0 Å². The third-order valence-corrected chi connectivity index (χ3v) is 3.09. The van der Waals surface area contributed by atoms with Crippen molar-refractivity contribution < 1.29 is 19.4 Å². The topological polar surface area (TPSA) is 75.6 Å². The molecule has 100 valence electrons. The van der Waals surface area contributed by atoms with Crippen molar-refractivity contribution in [3.05, 3.63) is 0 Å². The van der Waals surface area contributed by atoms with E-state index in [1.54, 1.807) is 7.11 Å². The Balaban J connectivity index is 3.45. The highest BCUT2D eigenvalue weighted by atomic mass is 32.2. The van der Waals surface area contributed by atoms with E-state index in [1.165, 1.54) is 11.8 Å². The zero-order chi connectivity index (χ0) is 13.1. The van der Waals surface area contributed by atoms with Gasteiger partial charge in [-0.15, -0.1) is 11.8 Å². The Morgan fingerprint density at radius 3 is 2.76 bits per heavy atom. The standard InChI is InChI=1S/C11H21NO4S/c1-9(3-4-11(14)15)7-12-10(13)8-17-6-5-16-2/h9H,3-8H2,1-2H3,(H,12,13)(H,14,15). The van der Waals surface area contributed by atoms with Crippen LogP contribution in [0.2, 0.25) is 0 Å². The third kappa shape index (κ3) is 11.5. The quantitative estimate of drug-likeness (QED) is 0.575. The van der Waals surface area contributed by atoms with Crippen LogP contribution in [0, 0.1) is 5.92 Å². The number of carbonyl (C=O) groups excluding carboxylic acids is 1. The predicted molar refractivity (Wildman–Crippen MR) is 68.2 cm³/mol. The maximum atomic E-state index is 11.4. The molecule has 0 aliphatic rings. The number of hydrogen-bond acceptors (Lipinski definition) is 4. The molecule has 0 aromatic carbocycles. The van der Waals surface area contributed by atoms with E-state index in [2.05, 4.69) is 5.32 Å². The molecule has 0 radical (unpaired) electrons. The van der Waals surface area contributed by atoms with Crippen LogP contribution in [0.3, 0.4) is 0 Å². The maximum absolute atomic E-state index is 11.4. The largest absolute Gasteiger partial charge is 0.481 e. The van der Waals surface area contributed by atoms with E-state index in [1.807, 2.05) is 6.92 Å². The molecular formula is C11H21NO4S. The van der Waals surface area contributed by atoms with Gasteiger partial charge in [-0.05, 0) is 12.3 Å². The summed E-state index contributed by atoms with van der Waals surface area (Å²) < 4.78 is 4.87. The van der Waals surface area contributed by atoms with Gasteiger partial charge in [-0.3, -0.25) is 9.59 Å².